The maximum absolute atomic E-state index is 13.4. The summed E-state index contributed by atoms with van der Waals surface area (Å²) in [5.41, 5.74) is 1.38. The van der Waals surface area contributed by atoms with Crippen LogP contribution in [0.1, 0.15) is 16.8 Å². The van der Waals surface area contributed by atoms with Crippen LogP contribution in [0.2, 0.25) is 5.02 Å². The Morgan fingerprint density at radius 2 is 2.00 bits per heavy atom. The van der Waals surface area contributed by atoms with Crippen molar-refractivity contribution in [3.05, 3.63) is 57.5 Å². The molecule has 0 saturated carbocycles. The second-order valence-corrected chi connectivity index (χ2v) is 9.18. The maximum Gasteiger partial charge on any atom is 0.261 e. The van der Waals surface area contributed by atoms with Gasteiger partial charge >= 0.3 is 0 Å². The van der Waals surface area contributed by atoms with Crippen LogP contribution in [0.3, 0.4) is 0 Å². The van der Waals surface area contributed by atoms with Gasteiger partial charge in [-0.05, 0) is 36.8 Å². The van der Waals surface area contributed by atoms with E-state index in [0.717, 1.165) is 54.0 Å². The van der Waals surface area contributed by atoms with Crippen LogP contribution >= 0.6 is 51.3 Å². The topological polar surface area (TPSA) is 45.7 Å². The van der Waals surface area contributed by atoms with Crippen molar-refractivity contribution in [2.75, 3.05) is 44.3 Å². The van der Waals surface area contributed by atoms with Crippen molar-refractivity contribution in [2.24, 2.45) is 0 Å². The Kier molecular flexibility index (Phi) is 8.51. The molecule has 1 fully saturated rings. The molecule has 3 aromatic rings. The molecule has 0 unspecified atom stereocenters. The molecule has 30 heavy (non-hydrogen) atoms. The van der Waals surface area contributed by atoms with E-state index in [1.807, 2.05) is 30.3 Å². The Hall–Kier alpha value is -1.22. The predicted octanol–water partition coefficient (Wildman–Crippen LogP) is 5.50. The molecule has 1 amide bonds. The average Bonchev–Trinajstić information content (AvgIpc) is 3.17. The Labute approximate surface area is 199 Å². The molecule has 1 saturated heterocycles. The number of hydrogen-bond acceptors (Lipinski definition) is 5. The smallest absolute Gasteiger partial charge is 0.261 e. The molecule has 0 spiro atoms. The van der Waals surface area contributed by atoms with E-state index in [2.05, 4.69) is 20.8 Å². The van der Waals surface area contributed by atoms with Crippen molar-refractivity contribution in [3.63, 3.8) is 0 Å². The van der Waals surface area contributed by atoms with Crippen molar-refractivity contribution < 1.29 is 9.53 Å². The lowest BCUT2D eigenvalue weighted by Crippen LogP contribution is -2.39. The Bertz CT molecular complexity index is 978. The van der Waals surface area contributed by atoms with Crippen LogP contribution < -0.4 is 4.90 Å². The van der Waals surface area contributed by atoms with Crippen molar-refractivity contribution in [1.82, 2.24) is 9.88 Å². The second kappa shape index (κ2) is 10.9. The molecule has 1 aliphatic rings. The van der Waals surface area contributed by atoms with Crippen LogP contribution in [-0.2, 0) is 4.74 Å². The number of aromatic nitrogens is 1. The van der Waals surface area contributed by atoms with Gasteiger partial charge < -0.3 is 4.74 Å². The number of rotatable bonds is 6. The lowest BCUT2D eigenvalue weighted by molar-refractivity contribution is 0.0376. The highest BCUT2D eigenvalue weighted by Gasteiger charge is 2.23. The number of amides is 1. The van der Waals surface area contributed by atoms with Gasteiger partial charge in [0.25, 0.3) is 5.91 Å². The van der Waals surface area contributed by atoms with Crippen LogP contribution in [0.5, 0.6) is 0 Å². The van der Waals surface area contributed by atoms with Gasteiger partial charge in [0.05, 0.1) is 34.0 Å². The van der Waals surface area contributed by atoms with Crippen molar-refractivity contribution in [2.45, 2.75) is 6.42 Å². The first-order valence-electron chi connectivity index (χ1n) is 9.54. The van der Waals surface area contributed by atoms with E-state index >= 15 is 0 Å². The zero-order chi connectivity index (χ0) is 20.2. The minimum atomic E-state index is -0.127. The first kappa shape index (κ1) is 23.4. The molecule has 2 heterocycles. The molecule has 0 N–H and O–H groups in total. The summed E-state index contributed by atoms with van der Waals surface area (Å²) in [5, 5.41) is 1.15. The standard InChI is InChI=1S/C21H21BrClN3O2S.ClH/c22-15-6-7-17(23)16(14-15)20(27)26(9-3-8-25-10-12-28-13-11-25)21-24-18-4-1-2-5-19(18)29-21;/h1-2,4-7,14H,3,8-13H2;1H. The first-order valence-corrected chi connectivity index (χ1v) is 11.5. The van der Waals surface area contributed by atoms with E-state index in [-0.39, 0.29) is 18.3 Å². The van der Waals surface area contributed by atoms with Crippen LogP contribution in [0.4, 0.5) is 5.13 Å². The molecule has 5 nitrogen and oxygen atoms in total. The molecule has 160 valence electrons. The summed E-state index contributed by atoms with van der Waals surface area (Å²) in [4.78, 5) is 22.3. The summed E-state index contributed by atoms with van der Waals surface area (Å²) < 4.78 is 7.30. The summed E-state index contributed by atoms with van der Waals surface area (Å²) >= 11 is 11.3. The lowest BCUT2D eigenvalue weighted by Gasteiger charge is -2.27. The normalized spacial score (nSPS) is 14.5. The number of para-hydroxylation sites is 1. The van der Waals surface area contributed by atoms with Gasteiger partial charge in [0.2, 0.25) is 0 Å². The van der Waals surface area contributed by atoms with Gasteiger partial charge in [0.15, 0.2) is 5.13 Å². The van der Waals surface area contributed by atoms with Gasteiger partial charge in [0, 0.05) is 30.7 Å². The largest absolute Gasteiger partial charge is 0.379 e. The van der Waals surface area contributed by atoms with Gasteiger partial charge in [-0.15, -0.1) is 12.4 Å². The second-order valence-electron chi connectivity index (χ2n) is 6.85. The van der Waals surface area contributed by atoms with E-state index in [1.165, 1.54) is 11.3 Å². The Morgan fingerprint density at radius 1 is 1.23 bits per heavy atom. The fourth-order valence-electron chi connectivity index (χ4n) is 3.34. The summed E-state index contributed by atoms with van der Waals surface area (Å²) in [5.74, 6) is -0.127. The number of fused-ring (bicyclic) bond motifs is 1. The van der Waals surface area contributed by atoms with Gasteiger partial charge in [-0.1, -0.05) is 51.0 Å². The molecule has 0 atom stereocenters. The summed E-state index contributed by atoms with van der Waals surface area (Å²) in [6.07, 6.45) is 0.854. The summed E-state index contributed by atoms with van der Waals surface area (Å²) in [6.45, 7) is 4.92. The number of thiazole rings is 1. The number of morpholine rings is 1. The molecular weight excluding hydrogens is 509 g/mol. The Morgan fingerprint density at radius 3 is 2.77 bits per heavy atom. The quantitative estimate of drug-likeness (QED) is 0.422. The van der Waals surface area contributed by atoms with Crippen molar-refractivity contribution in [3.8, 4) is 0 Å². The third kappa shape index (κ3) is 5.52. The highest BCUT2D eigenvalue weighted by atomic mass is 79.9. The number of halogens is 3. The minimum Gasteiger partial charge on any atom is -0.379 e. The fourth-order valence-corrected chi connectivity index (χ4v) is 4.89. The monoisotopic (exact) mass is 529 g/mol. The number of anilines is 1. The highest BCUT2D eigenvalue weighted by molar-refractivity contribution is 9.10. The summed E-state index contributed by atoms with van der Waals surface area (Å²) in [6, 6.07) is 13.3. The van der Waals surface area contributed by atoms with E-state index in [1.54, 1.807) is 17.0 Å². The molecule has 1 aromatic heterocycles. The molecule has 2 aromatic carbocycles. The van der Waals surface area contributed by atoms with Gasteiger partial charge in [-0.25, -0.2) is 4.98 Å². The molecule has 1 aliphatic heterocycles. The molecule has 0 aliphatic carbocycles. The van der Waals surface area contributed by atoms with E-state index in [0.29, 0.717) is 22.3 Å². The van der Waals surface area contributed by atoms with Crippen LogP contribution in [0.25, 0.3) is 10.2 Å². The zero-order valence-electron chi connectivity index (χ0n) is 16.2. The molecule has 0 bridgehead atoms. The molecule has 0 radical (unpaired) electrons. The first-order chi connectivity index (χ1) is 14.1. The minimum absolute atomic E-state index is 0. The molecule has 9 heteroatoms. The number of carbonyl (C=O) groups is 1. The van der Waals surface area contributed by atoms with E-state index in [9.17, 15) is 4.79 Å². The number of hydrogen-bond donors (Lipinski definition) is 0. The molecular formula is C21H22BrCl2N3O2S. The van der Waals surface area contributed by atoms with E-state index in [4.69, 9.17) is 21.3 Å². The number of benzene rings is 2. The maximum atomic E-state index is 13.4. The number of ether oxygens (including phenoxy) is 1. The zero-order valence-corrected chi connectivity index (χ0v) is 20.2. The fraction of sp³-hybridized carbons (Fsp3) is 0.333. The van der Waals surface area contributed by atoms with Crippen LogP contribution in [0.15, 0.2) is 46.9 Å². The van der Waals surface area contributed by atoms with Crippen molar-refractivity contribution in [1.29, 1.82) is 0 Å². The third-order valence-corrected chi connectivity index (χ3v) is 6.76. The van der Waals surface area contributed by atoms with E-state index < -0.39 is 0 Å². The third-order valence-electron chi connectivity index (χ3n) is 4.88. The number of carbonyl (C=O) groups excluding carboxylic acids is 1. The Balaban J connectivity index is 0.00000256. The van der Waals surface area contributed by atoms with Crippen molar-refractivity contribution >= 4 is 72.5 Å². The van der Waals surface area contributed by atoms with Gasteiger partial charge in [0.1, 0.15) is 0 Å². The van der Waals surface area contributed by atoms with Crippen LogP contribution in [-0.4, -0.2) is 55.2 Å². The van der Waals surface area contributed by atoms with Gasteiger partial charge in [-0.2, -0.15) is 0 Å². The highest BCUT2D eigenvalue weighted by Crippen LogP contribution is 2.31. The average molecular weight is 531 g/mol. The summed E-state index contributed by atoms with van der Waals surface area (Å²) in [7, 11) is 0. The number of nitrogens with zero attached hydrogens (tertiary/aromatic N) is 3. The predicted molar refractivity (Wildman–Crippen MR) is 130 cm³/mol. The lowest BCUT2D eigenvalue weighted by atomic mass is 10.2. The SMILES string of the molecule is Cl.O=C(c1cc(Br)ccc1Cl)N(CCCN1CCOCC1)c1nc2ccccc2s1. The van der Waals surface area contributed by atoms with Crippen LogP contribution in [0, 0.1) is 0 Å². The molecule has 4 rings (SSSR count). The van der Waals surface area contributed by atoms with Gasteiger partial charge in [-0.3, -0.25) is 14.6 Å².